The van der Waals surface area contributed by atoms with Crippen molar-refractivity contribution < 1.29 is 4.92 Å². The van der Waals surface area contributed by atoms with Gasteiger partial charge in [-0.05, 0) is 42.5 Å². The van der Waals surface area contributed by atoms with Crippen LogP contribution in [-0.4, -0.2) is 9.49 Å². The number of nitro groups is 1. The van der Waals surface area contributed by atoms with Crippen molar-refractivity contribution in [2.45, 2.75) is 18.8 Å². The normalized spacial score (nSPS) is 14.8. The SMILES string of the molecule is O=[N+]([O-])c1ccc(C2CC2)cc1-n1cccc1. The molecule has 0 N–H and O–H groups in total. The molecule has 0 saturated heterocycles. The summed E-state index contributed by atoms with van der Waals surface area (Å²) in [6, 6.07) is 9.17. The lowest BCUT2D eigenvalue weighted by atomic mass is 10.1. The summed E-state index contributed by atoms with van der Waals surface area (Å²) in [5.41, 5.74) is 2.02. The van der Waals surface area contributed by atoms with Gasteiger partial charge in [-0.2, -0.15) is 0 Å². The zero-order valence-electron chi connectivity index (χ0n) is 9.24. The molecule has 1 fully saturated rings. The van der Waals surface area contributed by atoms with Crippen LogP contribution in [0.1, 0.15) is 24.3 Å². The van der Waals surface area contributed by atoms with Gasteiger partial charge in [-0.25, -0.2) is 0 Å². The summed E-state index contributed by atoms with van der Waals surface area (Å²) in [6.45, 7) is 0. The molecule has 1 saturated carbocycles. The monoisotopic (exact) mass is 228 g/mol. The summed E-state index contributed by atoms with van der Waals surface area (Å²) in [7, 11) is 0. The fraction of sp³-hybridized carbons (Fsp3) is 0.231. The van der Waals surface area contributed by atoms with Crippen molar-refractivity contribution in [3.05, 3.63) is 58.4 Å². The van der Waals surface area contributed by atoms with Gasteiger partial charge in [0.05, 0.1) is 4.92 Å². The molecule has 1 heterocycles. The van der Waals surface area contributed by atoms with Crippen LogP contribution >= 0.6 is 0 Å². The van der Waals surface area contributed by atoms with Crippen LogP contribution in [-0.2, 0) is 0 Å². The molecule has 3 rings (SSSR count). The van der Waals surface area contributed by atoms with E-state index in [9.17, 15) is 10.1 Å². The minimum atomic E-state index is -0.327. The molecule has 0 atom stereocenters. The van der Waals surface area contributed by atoms with Gasteiger partial charge >= 0.3 is 0 Å². The van der Waals surface area contributed by atoms with Gasteiger partial charge in [-0.15, -0.1) is 0 Å². The van der Waals surface area contributed by atoms with E-state index in [1.165, 1.54) is 18.4 Å². The first kappa shape index (κ1) is 10.1. The van der Waals surface area contributed by atoms with Gasteiger partial charge in [0.2, 0.25) is 0 Å². The van der Waals surface area contributed by atoms with Crippen molar-refractivity contribution >= 4 is 5.69 Å². The van der Waals surface area contributed by atoms with Crippen molar-refractivity contribution in [2.24, 2.45) is 0 Å². The largest absolute Gasteiger partial charge is 0.318 e. The third kappa shape index (κ3) is 1.82. The number of aromatic nitrogens is 1. The first-order valence-corrected chi connectivity index (χ1v) is 5.67. The molecule has 2 aromatic rings. The summed E-state index contributed by atoms with van der Waals surface area (Å²) >= 11 is 0. The first-order valence-electron chi connectivity index (χ1n) is 5.67. The van der Waals surface area contributed by atoms with Crippen molar-refractivity contribution in [2.75, 3.05) is 0 Å². The lowest BCUT2D eigenvalue weighted by molar-refractivity contribution is -0.384. The molecule has 4 nitrogen and oxygen atoms in total. The maximum absolute atomic E-state index is 11.0. The third-order valence-electron chi connectivity index (χ3n) is 3.13. The van der Waals surface area contributed by atoms with E-state index in [0.717, 1.165) is 0 Å². The van der Waals surface area contributed by atoms with Gasteiger partial charge in [-0.3, -0.25) is 10.1 Å². The minimum absolute atomic E-state index is 0.158. The number of benzene rings is 1. The fourth-order valence-corrected chi connectivity index (χ4v) is 2.07. The Hall–Kier alpha value is -2.10. The molecule has 0 bridgehead atoms. The summed E-state index contributed by atoms with van der Waals surface area (Å²) in [6.07, 6.45) is 6.06. The standard InChI is InChI=1S/C13H12N2O2/c16-15(17)12-6-5-11(10-3-4-10)9-13(12)14-7-1-2-8-14/h1-2,5-10H,3-4H2. The Bertz CT molecular complexity index is 557. The predicted octanol–water partition coefficient (Wildman–Crippen LogP) is 3.26. The number of nitrogens with zero attached hydrogens (tertiary/aromatic N) is 2. The molecule has 1 aliphatic rings. The Balaban J connectivity index is 2.13. The predicted molar refractivity (Wildman–Crippen MR) is 64.4 cm³/mol. The summed E-state index contributed by atoms with van der Waals surface area (Å²) < 4.78 is 1.80. The van der Waals surface area contributed by atoms with Crippen LogP contribution in [0.4, 0.5) is 5.69 Å². The molecular weight excluding hydrogens is 216 g/mol. The molecule has 1 aromatic carbocycles. The van der Waals surface area contributed by atoms with Crippen molar-refractivity contribution in [3.63, 3.8) is 0 Å². The maximum Gasteiger partial charge on any atom is 0.293 e. The average Bonchev–Trinajstić information content (AvgIpc) is 3.04. The second-order valence-corrected chi connectivity index (χ2v) is 4.37. The van der Waals surface area contributed by atoms with Crippen LogP contribution in [0, 0.1) is 10.1 Å². The van der Waals surface area contributed by atoms with Crippen molar-refractivity contribution in [3.8, 4) is 5.69 Å². The molecule has 1 aromatic heterocycles. The third-order valence-corrected chi connectivity index (χ3v) is 3.13. The van der Waals surface area contributed by atoms with Crippen LogP contribution in [0.5, 0.6) is 0 Å². The molecule has 0 radical (unpaired) electrons. The maximum atomic E-state index is 11.0. The highest BCUT2D eigenvalue weighted by Gasteiger charge is 2.26. The first-order chi connectivity index (χ1) is 8.25. The zero-order chi connectivity index (χ0) is 11.8. The molecule has 0 aliphatic heterocycles. The number of nitro benzene ring substituents is 1. The van der Waals surface area contributed by atoms with Gasteiger partial charge in [0.1, 0.15) is 5.69 Å². The van der Waals surface area contributed by atoms with E-state index in [-0.39, 0.29) is 10.6 Å². The highest BCUT2D eigenvalue weighted by atomic mass is 16.6. The van der Waals surface area contributed by atoms with Crippen LogP contribution in [0.2, 0.25) is 0 Å². The van der Waals surface area contributed by atoms with Crippen molar-refractivity contribution in [1.29, 1.82) is 0 Å². The van der Waals surface area contributed by atoms with Crippen LogP contribution in [0.3, 0.4) is 0 Å². The smallest absolute Gasteiger partial charge is 0.293 e. The van der Waals surface area contributed by atoms with E-state index in [1.807, 2.05) is 36.7 Å². The summed E-state index contributed by atoms with van der Waals surface area (Å²) in [4.78, 5) is 10.7. The van der Waals surface area contributed by atoms with E-state index in [1.54, 1.807) is 10.6 Å². The van der Waals surface area contributed by atoms with E-state index in [0.29, 0.717) is 11.6 Å². The molecule has 4 heteroatoms. The lowest BCUT2D eigenvalue weighted by Crippen LogP contribution is -1.99. The number of rotatable bonds is 3. The molecule has 17 heavy (non-hydrogen) atoms. The molecular formula is C13H12N2O2. The summed E-state index contributed by atoms with van der Waals surface area (Å²) in [5, 5.41) is 11.0. The van der Waals surface area contributed by atoms with E-state index >= 15 is 0 Å². The Morgan fingerprint density at radius 3 is 2.53 bits per heavy atom. The topological polar surface area (TPSA) is 48.1 Å². The van der Waals surface area contributed by atoms with Gasteiger partial charge in [0.25, 0.3) is 5.69 Å². The Morgan fingerprint density at radius 2 is 1.94 bits per heavy atom. The number of hydrogen-bond donors (Lipinski definition) is 0. The van der Waals surface area contributed by atoms with Crippen LogP contribution in [0.15, 0.2) is 42.7 Å². The van der Waals surface area contributed by atoms with Gasteiger partial charge in [0, 0.05) is 18.5 Å². The highest BCUT2D eigenvalue weighted by molar-refractivity contribution is 5.55. The Labute approximate surface area is 98.6 Å². The van der Waals surface area contributed by atoms with Crippen LogP contribution < -0.4 is 0 Å². The van der Waals surface area contributed by atoms with Gasteiger partial charge in [0.15, 0.2) is 0 Å². The fourth-order valence-electron chi connectivity index (χ4n) is 2.07. The second-order valence-electron chi connectivity index (χ2n) is 4.37. The van der Waals surface area contributed by atoms with Crippen molar-refractivity contribution in [1.82, 2.24) is 4.57 Å². The summed E-state index contributed by atoms with van der Waals surface area (Å²) in [5.74, 6) is 0.602. The minimum Gasteiger partial charge on any atom is -0.318 e. The zero-order valence-corrected chi connectivity index (χ0v) is 9.24. The number of hydrogen-bond acceptors (Lipinski definition) is 2. The second kappa shape index (κ2) is 3.73. The lowest BCUT2D eigenvalue weighted by Gasteiger charge is -2.06. The average molecular weight is 228 g/mol. The molecule has 0 amide bonds. The van der Waals surface area contributed by atoms with Gasteiger partial charge in [-0.1, -0.05) is 6.07 Å². The molecule has 0 spiro atoms. The Morgan fingerprint density at radius 1 is 1.24 bits per heavy atom. The van der Waals surface area contributed by atoms with Crippen LogP contribution in [0.25, 0.3) is 5.69 Å². The highest BCUT2D eigenvalue weighted by Crippen LogP contribution is 2.41. The molecule has 0 unspecified atom stereocenters. The Kier molecular flexibility index (Phi) is 2.21. The molecule has 1 aliphatic carbocycles. The van der Waals surface area contributed by atoms with E-state index in [4.69, 9.17) is 0 Å². The van der Waals surface area contributed by atoms with E-state index in [2.05, 4.69) is 0 Å². The molecule has 86 valence electrons. The van der Waals surface area contributed by atoms with E-state index < -0.39 is 0 Å². The van der Waals surface area contributed by atoms with Gasteiger partial charge < -0.3 is 4.57 Å². The quantitative estimate of drug-likeness (QED) is 0.598.